The number of rotatable bonds is 5. The highest BCUT2D eigenvalue weighted by Gasteiger charge is 2.20. The number of benzene rings is 2. The summed E-state index contributed by atoms with van der Waals surface area (Å²) in [5.41, 5.74) is 5.95. The first-order chi connectivity index (χ1) is 10.3. The molecule has 3 rings (SSSR count). The van der Waals surface area contributed by atoms with Crippen molar-refractivity contribution in [2.45, 2.75) is 39.4 Å². The predicted molar refractivity (Wildman–Crippen MR) is 86.4 cm³/mol. The molecule has 0 aliphatic carbocycles. The number of aryl methyl sites for hydroxylation is 1. The molecule has 2 nitrogen and oxygen atoms in total. The number of ether oxygens (including phenoxy) is 1. The Morgan fingerprint density at radius 3 is 2.57 bits per heavy atom. The molecule has 1 heterocycles. The van der Waals surface area contributed by atoms with Gasteiger partial charge in [0.2, 0.25) is 0 Å². The molecule has 1 aliphatic heterocycles. The van der Waals surface area contributed by atoms with Crippen molar-refractivity contribution in [3.05, 3.63) is 64.7 Å². The van der Waals surface area contributed by atoms with Crippen LogP contribution in [-0.4, -0.2) is 12.0 Å². The third-order valence-electron chi connectivity index (χ3n) is 4.23. The first-order valence-corrected chi connectivity index (χ1v) is 7.75. The molecule has 2 aromatic carbocycles. The van der Waals surface area contributed by atoms with Crippen molar-refractivity contribution in [3.63, 3.8) is 0 Å². The second-order valence-electron chi connectivity index (χ2n) is 5.80. The van der Waals surface area contributed by atoms with E-state index in [0.29, 0.717) is 0 Å². The molecule has 21 heavy (non-hydrogen) atoms. The second-order valence-corrected chi connectivity index (χ2v) is 5.80. The van der Waals surface area contributed by atoms with Gasteiger partial charge in [0, 0.05) is 19.6 Å². The first kappa shape index (κ1) is 14.2. The molecule has 0 spiro atoms. The van der Waals surface area contributed by atoms with Crippen molar-refractivity contribution >= 4 is 0 Å². The Labute approximate surface area is 127 Å². The van der Waals surface area contributed by atoms with E-state index in [-0.39, 0.29) is 0 Å². The lowest BCUT2D eigenvalue weighted by molar-refractivity contribution is 0.275. The van der Waals surface area contributed by atoms with Gasteiger partial charge in [-0.15, -0.1) is 0 Å². The highest BCUT2D eigenvalue weighted by molar-refractivity contribution is 5.38. The molecule has 0 aromatic heterocycles. The summed E-state index contributed by atoms with van der Waals surface area (Å²) < 4.78 is 5.22. The van der Waals surface area contributed by atoms with Crippen LogP contribution in [0, 0.1) is 0 Å². The van der Waals surface area contributed by atoms with Gasteiger partial charge in [-0.05, 0) is 40.8 Å². The van der Waals surface area contributed by atoms with Crippen LogP contribution in [0.4, 0.5) is 0 Å². The van der Waals surface area contributed by atoms with E-state index in [1.54, 1.807) is 12.7 Å². The summed E-state index contributed by atoms with van der Waals surface area (Å²) in [7, 11) is 1.71. The van der Waals surface area contributed by atoms with Crippen molar-refractivity contribution < 1.29 is 4.74 Å². The normalized spacial score (nSPS) is 14.2. The Kier molecular flexibility index (Phi) is 4.26. The molecular weight excluding hydrogens is 258 g/mol. The number of hydrogen-bond acceptors (Lipinski definition) is 2. The summed E-state index contributed by atoms with van der Waals surface area (Å²) >= 11 is 0. The van der Waals surface area contributed by atoms with Gasteiger partial charge in [-0.25, -0.2) is 0 Å². The summed E-state index contributed by atoms with van der Waals surface area (Å²) in [4.78, 5) is 2.52. The van der Waals surface area contributed by atoms with Gasteiger partial charge in [0.15, 0.2) is 0 Å². The van der Waals surface area contributed by atoms with Gasteiger partial charge in [0.25, 0.3) is 0 Å². The van der Waals surface area contributed by atoms with E-state index in [9.17, 15) is 0 Å². The fourth-order valence-corrected chi connectivity index (χ4v) is 3.16. The number of fused-ring (bicyclic) bond motifs is 1. The van der Waals surface area contributed by atoms with E-state index >= 15 is 0 Å². The Morgan fingerprint density at radius 1 is 1.05 bits per heavy atom. The molecule has 0 N–H and O–H groups in total. The summed E-state index contributed by atoms with van der Waals surface area (Å²) in [6.07, 6.45) is 2.41. The number of methoxy groups -OCH3 is 1. The van der Waals surface area contributed by atoms with Gasteiger partial charge in [0.05, 0.1) is 7.11 Å². The zero-order chi connectivity index (χ0) is 14.7. The predicted octanol–water partition coefficient (Wildman–Crippen LogP) is 4.16. The molecule has 0 saturated heterocycles. The maximum atomic E-state index is 5.22. The Hall–Kier alpha value is -1.80. The summed E-state index contributed by atoms with van der Waals surface area (Å²) in [5.74, 6) is 0.925. The van der Waals surface area contributed by atoms with E-state index in [4.69, 9.17) is 4.74 Å². The summed E-state index contributed by atoms with van der Waals surface area (Å²) in [5, 5.41) is 0. The molecule has 110 valence electrons. The van der Waals surface area contributed by atoms with Gasteiger partial charge in [-0.1, -0.05) is 43.7 Å². The lowest BCUT2D eigenvalue weighted by Crippen LogP contribution is -2.15. The average Bonchev–Trinajstić information content (AvgIpc) is 2.92. The van der Waals surface area contributed by atoms with E-state index in [1.807, 2.05) is 12.1 Å². The van der Waals surface area contributed by atoms with Crippen molar-refractivity contribution in [2.75, 3.05) is 7.11 Å². The molecule has 0 saturated carbocycles. The lowest BCUT2D eigenvalue weighted by Gasteiger charge is -2.15. The van der Waals surface area contributed by atoms with Gasteiger partial charge in [-0.3, -0.25) is 4.90 Å². The monoisotopic (exact) mass is 281 g/mol. The number of hydrogen-bond donors (Lipinski definition) is 0. The highest BCUT2D eigenvalue weighted by Crippen LogP contribution is 2.28. The fraction of sp³-hybridized carbons (Fsp3) is 0.368. The van der Waals surface area contributed by atoms with Crippen LogP contribution in [0.25, 0.3) is 0 Å². The smallest absolute Gasteiger partial charge is 0.118 e. The maximum Gasteiger partial charge on any atom is 0.118 e. The van der Waals surface area contributed by atoms with E-state index < -0.39 is 0 Å². The van der Waals surface area contributed by atoms with Crippen LogP contribution in [0.2, 0.25) is 0 Å². The first-order valence-electron chi connectivity index (χ1n) is 7.75. The molecule has 0 radical (unpaired) electrons. The molecule has 2 aromatic rings. The molecule has 0 unspecified atom stereocenters. The third kappa shape index (κ3) is 3.11. The van der Waals surface area contributed by atoms with Crippen LogP contribution < -0.4 is 4.74 Å². The summed E-state index contributed by atoms with van der Waals surface area (Å²) in [6.45, 7) is 5.41. The number of nitrogens with zero attached hydrogens (tertiary/aromatic N) is 1. The standard InChI is InChI=1S/C19H23NO/c1-3-5-16-6-4-7-17-13-20(14-19(16)17)12-15-8-10-18(21-2)11-9-15/h4,6-11H,3,5,12-14H2,1-2H3. The maximum absolute atomic E-state index is 5.22. The quantitative estimate of drug-likeness (QED) is 0.816. The van der Waals surface area contributed by atoms with Gasteiger partial charge < -0.3 is 4.74 Å². The molecule has 0 atom stereocenters. The minimum absolute atomic E-state index is 0.925. The molecule has 0 bridgehead atoms. The molecule has 2 heteroatoms. The van der Waals surface area contributed by atoms with Crippen LogP contribution in [0.1, 0.15) is 35.6 Å². The third-order valence-corrected chi connectivity index (χ3v) is 4.23. The minimum Gasteiger partial charge on any atom is -0.497 e. The molecule has 0 amide bonds. The Balaban J connectivity index is 1.70. The van der Waals surface area contributed by atoms with Crippen LogP contribution >= 0.6 is 0 Å². The highest BCUT2D eigenvalue weighted by atomic mass is 16.5. The van der Waals surface area contributed by atoms with Gasteiger partial charge in [-0.2, -0.15) is 0 Å². The topological polar surface area (TPSA) is 12.5 Å². The fourth-order valence-electron chi connectivity index (χ4n) is 3.16. The molecule has 1 aliphatic rings. The zero-order valence-electron chi connectivity index (χ0n) is 12.9. The van der Waals surface area contributed by atoms with Crippen LogP contribution in [0.5, 0.6) is 5.75 Å². The van der Waals surface area contributed by atoms with Gasteiger partial charge in [0.1, 0.15) is 5.75 Å². The van der Waals surface area contributed by atoms with Crippen molar-refractivity contribution in [2.24, 2.45) is 0 Å². The zero-order valence-corrected chi connectivity index (χ0v) is 12.9. The summed E-state index contributed by atoms with van der Waals surface area (Å²) in [6, 6.07) is 15.2. The van der Waals surface area contributed by atoms with E-state index in [0.717, 1.165) is 25.4 Å². The van der Waals surface area contributed by atoms with Gasteiger partial charge >= 0.3 is 0 Å². The van der Waals surface area contributed by atoms with Crippen LogP contribution in [-0.2, 0) is 26.1 Å². The SMILES string of the molecule is CCCc1cccc2c1CN(Cc1ccc(OC)cc1)C2. The largest absolute Gasteiger partial charge is 0.497 e. The Morgan fingerprint density at radius 2 is 1.86 bits per heavy atom. The molecular formula is C19H23NO. The molecule has 0 fully saturated rings. The van der Waals surface area contributed by atoms with Crippen LogP contribution in [0.15, 0.2) is 42.5 Å². The van der Waals surface area contributed by atoms with Crippen LogP contribution in [0.3, 0.4) is 0 Å². The average molecular weight is 281 g/mol. The Bertz CT molecular complexity index is 603. The van der Waals surface area contributed by atoms with Crippen molar-refractivity contribution in [1.82, 2.24) is 4.90 Å². The second kappa shape index (κ2) is 6.31. The van der Waals surface area contributed by atoms with Crippen molar-refractivity contribution in [3.8, 4) is 5.75 Å². The lowest BCUT2D eigenvalue weighted by atomic mass is 10.0. The van der Waals surface area contributed by atoms with Crippen molar-refractivity contribution in [1.29, 1.82) is 0 Å². The van der Waals surface area contributed by atoms with E-state index in [2.05, 4.69) is 42.2 Å². The van der Waals surface area contributed by atoms with E-state index in [1.165, 1.54) is 29.5 Å². The minimum atomic E-state index is 0.925.